The van der Waals surface area contributed by atoms with Gasteiger partial charge in [-0.3, -0.25) is 19.0 Å². The normalized spacial score (nSPS) is 15.8. The Morgan fingerprint density at radius 1 is 1.19 bits per heavy atom. The first-order chi connectivity index (χ1) is 22.0. The minimum Gasteiger partial charge on any atom is -0.507 e. The second-order valence-electron chi connectivity index (χ2n) is 11.2. The summed E-state index contributed by atoms with van der Waals surface area (Å²) in [5, 5.41) is 22.1. The largest absolute Gasteiger partial charge is 0.507 e. The Bertz CT molecular complexity index is 1980. The Morgan fingerprint density at radius 3 is 2.51 bits per heavy atom. The monoisotopic (exact) mass is 680 g/mol. The predicted octanol–water partition coefficient (Wildman–Crippen LogP) is 2.68. The Balaban J connectivity index is 1.62. The van der Waals surface area contributed by atoms with Crippen molar-refractivity contribution in [3.63, 3.8) is 0 Å². The minimum absolute atomic E-state index is 0.0787. The number of pyridine rings is 1. The van der Waals surface area contributed by atoms with Crippen LogP contribution in [0.2, 0.25) is 5.02 Å². The highest BCUT2D eigenvalue weighted by Gasteiger charge is 2.38. The number of halogens is 5. The number of rotatable bonds is 7. The minimum atomic E-state index is -5.09. The summed E-state index contributed by atoms with van der Waals surface area (Å²) < 4.78 is 58.5. The van der Waals surface area contributed by atoms with Crippen molar-refractivity contribution in [2.45, 2.75) is 32.3 Å². The number of nitrogens with one attached hydrogen (secondary N) is 1. The lowest BCUT2D eigenvalue weighted by Gasteiger charge is -2.39. The lowest BCUT2D eigenvalue weighted by molar-refractivity contribution is -0.147. The number of aromatic hydroxyl groups is 1. The molecular weight excluding hydrogens is 652 g/mol. The first-order valence-corrected chi connectivity index (χ1v) is 14.4. The highest BCUT2D eigenvalue weighted by molar-refractivity contribution is 6.33. The standard InChI is InChI=1S/C29H29ClF4N8O5/c1-13-9-39(2)4-5-42(13)20-7-19(18(30)8-36-20)37-21(44)11-41-10-16(14-6-15(25(35)46)24(45)17(12-43)23(14)31)22-26(41)38-28(29(32,33)34)40(3)27(22)47/h6-8,10,13,43,45H,4-5,9,11-12H2,1-3H3,(H2,35,46)(H,36,37,44)/t13-/m0/s1. The number of piperazine rings is 1. The van der Waals surface area contributed by atoms with Gasteiger partial charge in [0.25, 0.3) is 11.5 Å². The van der Waals surface area contributed by atoms with E-state index < -0.39 is 81.8 Å². The third kappa shape index (κ3) is 6.20. The number of hydrogen-bond acceptors (Lipinski definition) is 9. The Hall–Kier alpha value is -4.74. The molecule has 13 nitrogen and oxygen atoms in total. The summed E-state index contributed by atoms with van der Waals surface area (Å²) in [4.78, 5) is 50.9. The molecule has 4 heterocycles. The number of aliphatic hydroxyl groups is 1. The number of hydrogen-bond donors (Lipinski definition) is 4. The van der Waals surface area contributed by atoms with Crippen LogP contribution in [0.15, 0.2) is 29.3 Å². The number of primary amides is 1. The fraction of sp³-hybridized carbons (Fsp3) is 0.345. The predicted molar refractivity (Wildman–Crippen MR) is 164 cm³/mol. The van der Waals surface area contributed by atoms with Crippen LogP contribution in [0.1, 0.15) is 28.7 Å². The van der Waals surface area contributed by atoms with Crippen molar-refractivity contribution in [1.29, 1.82) is 0 Å². The summed E-state index contributed by atoms with van der Waals surface area (Å²) in [5.74, 6) is -5.30. The second kappa shape index (κ2) is 12.5. The van der Waals surface area contributed by atoms with Gasteiger partial charge in [0, 0.05) is 56.1 Å². The molecule has 0 radical (unpaired) electrons. The topological polar surface area (TPSA) is 172 Å². The van der Waals surface area contributed by atoms with Gasteiger partial charge in [-0.15, -0.1) is 0 Å². The van der Waals surface area contributed by atoms with Crippen molar-refractivity contribution in [2.75, 3.05) is 36.9 Å². The zero-order valence-corrected chi connectivity index (χ0v) is 25.9. The van der Waals surface area contributed by atoms with Crippen LogP contribution in [0.3, 0.4) is 0 Å². The first-order valence-electron chi connectivity index (χ1n) is 14.1. The van der Waals surface area contributed by atoms with Gasteiger partial charge in [-0.25, -0.2) is 14.4 Å². The van der Waals surface area contributed by atoms with E-state index >= 15 is 4.39 Å². The number of carbonyl (C=O) groups is 2. The first kappa shape index (κ1) is 33.6. The summed E-state index contributed by atoms with van der Waals surface area (Å²) in [6.45, 7) is 2.39. The van der Waals surface area contributed by atoms with Crippen molar-refractivity contribution in [3.8, 4) is 16.9 Å². The van der Waals surface area contributed by atoms with Gasteiger partial charge in [0.1, 0.15) is 29.6 Å². The van der Waals surface area contributed by atoms with Crippen LogP contribution in [-0.2, 0) is 31.2 Å². The second-order valence-corrected chi connectivity index (χ2v) is 11.6. The molecule has 3 aromatic heterocycles. The van der Waals surface area contributed by atoms with Gasteiger partial charge in [0.15, 0.2) is 0 Å². The van der Waals surface area contributed by atoms with Gasteiger partial charge >= 0.3 is 6.18 Å². The number of aliphatic hydroxyl groups excluding tert-OH is 1. The number of nitrogens with zero attached hydrogens (tertiary/aromatic N) is 6. The quantitative estimate of drug-likeness (QED) is 0.214. The third-order valence-electron chi connectivity index (χ3n) is 7.95. The van der Waals surface area contributed by atoms with E-state index in [2.05, 4.69) is 20.2 Å². The van der Waals surface area contributed by atoms with Crippen molar-refractivity contribution in [2.24, 2.45) is 12.8 Å². The van der Waals surface area contributed by atoms with E-state index in [0.29, 0.717) is 12.4 Å². The molecule has 1 aliphatic heterocycles. The molecule has 0 bridgehead atoms. The molecule has 1 aromatic carbocycles. The number of alkyl halides is 3. The molecule has 4 aromatic rings. The maximum atomic E-state index is 15.6. The molecule has 1 fully saturated rings. The zero-order valence-electron chi connectivity index (χ0n) is 25.2. The number of amides is 2. The smallest absolute Gasteiger partial charge is 0.449 e. The van der Waals surface area contributed by atoms with E-state index in [1.165, 1.54) is 6.20 Å². The molecule has 5 N–H and O–H groups in total. The number of anilines is 2. The summed E-state index contributed by atoms with van der Waals surface area (Å²) >= 11 is 6.32. The number of aromatic nitrogens is 4. The van der Waals surface area contributed by atoms with Gasteiger partial charge in [0.05, 0.1) is 40.0 Å². The summed E-state index contributed by atoms with van der Waals surface area (Å²) in [5.41, 5.74) is 1.28. The maximum absolute atomic E-state index is 15.6. The molecule has 250 valence electrons. The number of fused-ring (bicyclic) bond motifs is 1. The van der Waals surface area contributed by atoms with Gasteiger partial charge in [-0.2, -0.15) is 13.2 Å². The van der Waals surface area contributed by atoms with Crippen molar-refractivity contribution < 1.29 is 37.4 Å². The average molecular weight is 681 g/mol. The Kier molecular flexibility index (Phi) is 8.91. The molecule has 18 heteroatoms. The van der Waals surface area contributed by atoms with E-state index in [1.54, 1.807) is 6.07 Å². The highest BCUT2D eigenvalue weighted by Crippen LogP contribution is 2.38. The number of nitrogens with two attached hydrogens (primary N) is 1. The van der Waals surface area contributed by atoms with Crippen molar-refractivity contribution >= 4 is 46.0 Å². The molecule has 2 amide bonds. The number of likely N-dealkylation sites (N-methyl/N-ethyl adjacent to an activating group) is 1. The van der Waals surface area contributed by atoms with E-state index in [-0.39, 0.29) is 26.9 Å². The van der Waals surface area contributed by atoms with E-state index in [9.17, 15) is 37.8 Å². The van der Waals surface area contributed by atoms with Crippen molar-refractivity contribution in [3.05, 3.63) is 62.7 Å². The highest BCUT2D eigenvalue weighted by atomic mass is 35.5. The van der Waals surface area contributed by atoms with Crippen LogP contribution >= 0.6 is 11.6 Å². The lowest BCUT2D eigenvalue weighted by atomic mass is 9.97. The Morgan fingerprint density at radius 2 is 1.89 bits per heavy atom. The van der Waals surface area contributed by atoms with Gasteiger partial charge in [0.2, 0.25) is 11.7 Å². The molecule has 47 heavy (non-hydrogen) atoms. The maximum Gasteiger partial charge on any atom is 0.449 e. The molecule has 0 saturated carbocycles. The van der Waals surface area contributed by atoms with Crippen molar-refractivity contribution in [1.82, 2.24) is 24.0 Å². The molecule has 0 spiro atoms. The van der Waals surface area contributed by atoms with E-state index in [1.807, 2.05) is 18.9 Å². The molecule has 1 saturated heterocycles. The molecule has 0 unspecified atom stereocenters. The van der Waals surface area contributed by atoms with Gasteiger partial charge in [-0.05, 0) is 20.0 Å². The van der Waals surface area contributed by atoms with Gasteiger partial charge in [-0.1, -0.05) is 11.6 Å². The number of phenols is 1. The molecular formula is C29H29ClF4N8O5. The number of benzene rings is 1. The van der Waals surface area contributed by atoms with Gasteiger partial charge < -0.3 is 35.6 Å². The molecule has 1 aliphatic rings. The fourth-order valence-electron chi connectivity index (χ4n) is 5.63. The average Bonchev–Trinajstić information content (AvgIpc) is 3.33. The molecule has 5 rings (SSSR count). The molecule has 1 atom stereocenters. The summed E-state index contributed by atoms with van der Waals surface area (Å²) in [7, 11) is 2.81. The lowest BCUT2D eigenvalue weighted by Crippen LogP contribution is -2.50. The number of carbonyl (C=O) groups excluding carboxylic acids is 2. The van der Waals surface area contributed by atoms with Crippen LogP contribution in [0.5, 0.6) is 5.75 Å². The van der Waals surface area contributed by atoms with E-state index in [4.69, 9.17) is 17.3 Å². The summed E-state index contributed by atoms with van der Waals surface area (Å²) in [6.07, 6.45) is -2.73. The van der Waals surface area contributed by atoms with Crippen LogP contribution < -0.4 is 21.5 Å². The SMILES string of the molecule is C[C@H]1CN(C)CCN1c1cc(NC(=O)Cn2cc(-c3cc(C(N)=O)c(O)c(CO)c3F)c3c(=O)n(C)c(C(F)(F)F)nc32)c(Cl)cn1. The van der Waals surface area contributed by atoms with Crippen LogP contribution in [-0.4, -0.2) is 78.8 Å². The molecule has 0 aliphatic carbocycles. The van der Waals surface area contributed by atoms with Crippen LogP contribution in [0.4, 0.5) is 29.1 Å². The van der Waals surface area contributed by atoms with E-state index in [0.717, 1.165) is 37.0 Å². The Labute approximate surface area is 268 Å². The summed E-state index contributed by atoms with van der Waals surface area (Å²) in [6, 6.07) is 2.44. The van der Waals surface area contributed by atoms with Crippen LogP contribution in [0, 0.1) is 5.82 Å². The fourth-order valence-corrected chi connectivity index (χ4v) is 5.78. The zero-order chi connectivity index (χ0) is 34.5. The third-order valence-corrected chi connectivity index (χ3v) is 8.25. The van der Waals surface area contributed by atoms with Crippen LogP contribution in [0.25, 0.3) is 22.2 Å².